The Hall–Kier alpha value is -4.07. The molecule has 0 aliphatic heterocycles. The number of nitrogens with one attached hydrogen (secondary N) is 1. The third kappa shape index (κ3) is 4.34. The molecule has 0 saturated carbocycles. The van der Waals surface area contributed by atoms with Gasteiger partial charge in [0.2, 0.25) is 5.89 Å². The number of hydrogen-bond donors (Lipinski definition) is 1. The minimum Gasteiger partial charge on any atom is -0.496 e. The summed E-state index contributed by atoms with van der Waals surface area (Å²) in [5, 5.41) is 12.5. The molecule has 8 nitrogen and oxygen atoms in total. The van der Waals surface area contributed by atoms with E-state index < -0.39 is 5.91 Å². The lowest BCUT2D eigenvalue weighted by molar-refractivity contribution is 0.102. The summed E-state index contributed by atoms with van der Waals surface area (Å²) < 4.78 is 22.3. The number of ether oxygens (including phenoxy) is 3. The van der Waals surface area contributed by atoms with Crippen molar-refractivity contribution in [2.45, 2.75) is 13.8 Å². The van der Waals surface area contributed by atoms with Gasteiger partial charge in [0, 0.05) is 5.56 Å². The molecule has 0 saturated heterocycles. The highest BCUT2D eigenvalue weighted by molar-refractivity contribution is 6.07. The van der Waals surface area contributed by atoms with Gasteiger partial charge in [0.15, 0.2) is 11.5 Å². The molecule has 0 radical (unpaired) electrons. The minimum atomic E-state index is -0.412. The average Bonchev–Trinajstić information content (AvgIpc) is 3.28. The first kappa shape index (κ1) is 21.2. The Morgan fingerprint density at radius 3 is 2.34 bits per heavy atom. The summed E-state index contributed by atoms with van der Waals surface area (Å²) in [5.74, 6) is 1.50. The fourth-order valence-electron chi connectivity index (χ4n) is 3.30. The lowest BCUT2D eigenvalue weighted by Gasteiger charge is -2.11. The van der Waals surface area contributed by atoms with Gasteiger partial charge in [-0.1, -0.05) is 29.4 Å². The van der Waals surface area contributed by atoms with E-state index >= 15 is 0 Å². The van der Waals surface area contributed by atoms with E-state index in [9.17, 15) is 4.79 Å². The van der Waals surface area contributed by atoms with Crippen molar-refractivity contribution in [3.05, 3.63) is 60.2 Å². The van der Waals surface area contributed by atoms with Crippen LogP contribution in [0.2, 0.25) is 0 Å². The highest BCUT2D eigenvalue weighted by Crippen LogP contribution is 2.33. The zero-order valence-electron chi connectivity index (χ0n) is 18.0. The third-order valence-electron chi connectivity index (χ3n) is 4.75. The number of methoxy groups -OCH3 is 1. The van der Waals surface area contributed by atoms with Crippen LogP contribution >= 0.6 is 0 Å². The molecular formula is C24H23N3O5. The van der Waals surface area contributed by atoms with Gasteiger partial charge < -0.3 is 18.6 Å². The minimum absolute atomic E-state index is 0.0212. The van der Waals surface area contributed by atoms with E-state index in [1.54, 1.807) is 24.3 Å². The Labute approximate surface area is 185 Å². The lowest BCUT2D eigenvalue weighted by atomic mass is 10.1. The number of aromatic nitrogens is 2. The molecule has 1 aromatic heterocycles. The Morgan fingerprint density at radius 1 is 0.906 bits per heavy atom. The monoisotopic (exact) mass is 433 g/mol. The normalized spacial score (nSPS) is 10.7. The van der Waals surface area contributed by atoms with Crippen LogP contribution in [0.3, 0.4) is 0 Å². The van der Waals surface area contributed by atoms with E-state index in [4.69, 9.17) is 18.6 Å². The molecule has 4 rings (SSSR count). The summed E-state index contributed by atoms with van der Waals surface area (Å²) >= 11 is 0. The standard InChI is InChI=1S/C24H23N3O5/c1-4-30-19-11-10-17(14-21(19)31-5-2)23-26-27-24(32-23)25-22(28)18-12-15-8-6-7-9-16(15)13-20(18)29-3/h6-14H,4-5H2,1-3H3,(H,25,27,28). The number of fused-ring (bicyclic) bond motifs is 1. The summed E-state index contributed by atoms with van der Waals surface area (Å²) in [6.45, 7) is 4.81. The summed E-state index contributed by atoms with van der Waals surface area (Å²) in [5.41, 5.74) is 1.01. The van der Waals surface area contributed by atoms with Crippen LogP contribution in [0, 0.1) is 0 Å². The molecule has 0 fully saturated rings. The predicted molar refractivity (Wildman–Crippen MR) is 121 cm³/mol. The molecule has 0 aliphatic rings. The second-order valence-electron chi connectivity index (χ2n) is 6.79. The van der Waals surface area contributed by atoms with Crippen molar-refractivity contribution in [3.8, 4) is 28.7 Å². The third-order valence-corrected chi connectivity index (χ3v) is 4.75. The number of benzene rings is 3. The van der Waals surface area contributed by atoms with Gasteiger partial charge in [-0.2, -0.15) is 0 Å². The highest BCUT2D eigenvalue weighted by atomic mass is 16.5. The maximum atomic E-state index is 12.9. The number of anilines is 1. The number of hydrogen-bond acceptors (Lipinski definition) is 7. The molecule has 4 aromatic rings. The van der Waals surface area contributed by atoms with E-state index in [2.05, 4.69) is 15.5 Å². The van der Waals surface area contributed by atoms with Gasteiger partial charge in [-0.05, 0) is 55.0 Å². The average molecular weight is 433 g/mol. The molecule has 0 spiro atoms. The van der Waals surface area contributed by atoms with Crippen LogP contribution in [0.15, 0.2) is 59.0 Å². The van der Waals surface area contributed by atoms with E-state index in [0.29, 0.717) is 41.6 Å². The Bertz CT molecular complexity index is 1250. The molecule has 164 valence electrons. The number of carbonyl (C=O) groups is 1. The number of rotatable bonds is 8. The van der Waals surface area contributed by atoms with Gasteiger partial charge in [0.25, 0.3) is 5.91 Å². The van der Waals surface area contributed by atoms with Crippen LogP contribution in [0.4, 0.5) is 6.01 Å². The van der Waals surface area contributed by atoms with Crippen LogP contribution in [0.1, 0.15) is 24.2 Å². The first-order valence-electron chi connectivity index (χ1n) is 10.2. The van der Waals surface area contributed by atoms with Crippen LogP contribution < -0.4 is 19.5 Å². The molecule has 1 heterocycles. The quantitative estimate of drug-likeness (QED) is 0.420. The van der Waals surface area contributed by atoms with Crippen molar-refractivity contribution in [3.63, 3.8) is 0 Å². The van der Waals surface area contributed by atoms with Crippen molar-refractivity contribution in [1.29, 1.82) is 0 Å². The molecule has 0 bridgehead atoms. The molecule has 8 heteroatoms. The second-order valence-corrected chi connectivity index (χ2v) is 6.79. The van der Waals surface area contributed by atoms with Crippen molar-refractivity contribution in [2.24, 2.45) is 0 Å². The topological polar surface area (TPSA) is 95.7 Å². The van der Waals surface area contributed by atoms with Crippen LogP contribution in [-0.4, -0.2) is 36.4 Å². The van der Waals surface area contributed by atoms with Gasteiger partial charge in [-0.3, -0.25) is 10.1 Å². The maximum absolute atomic E-state index is 12.9. The van der Waals surface area contributed by atoms with Crippen molar-refractivity contribution < 1.29 is 23.4 Å². The zero-order chi connectivity index (χ0) is 22.5. The molecule has 3 aromatic carbocycles. The molecular weight excluding hydrogens is 410 g/mol. The van der Waals surface area contributed by atoms with E-state index in [1.807, 2.05) is 44.2 Å². The molecule has 0 unspecified atom stereocenters. The maximum Gasteiger partial charge on any atom is 0.322 e. The van der Waals surface area contributed by atoms with E-state index in [1.165, 1.54) is 7.11 Å². The highest BCUT2D eigenvalue weighted by Gasteiger charge is 2.18. The lowest BCUT2D eigenvalue weighted by Crippen LogP contribution is -2.13. The van der Waals surface area contributed by atoms with Crippen molar-refractivity contribution in [2.75, 3.05) is 25.6 Å². The molecule has 1 amide bonds. The van der Waals surface area contributed by atoms with Gasteiger partial charge in [-0.15, -0.1) is 5.10 Å². The van der Waals surface area contributed by atoms with Crippen LogP contribution in [0.25, 0.3) is 22.2 Å². The van der Waals surface area contributed by atoms with Crippen LogP contribution in [0.5, 0.6) is 17.2 Å². The predicted octanol–water partition coefficient (Wildman–Crippen LogP) is 4.95. The van der Waals surface area contributed by atoms with Gasteiger partial charge in [0.05, 0.1) is 25.9 Å². The SMILES string of the molecule is CCOc1ccc(-c2nnc(NC(=O)c3cc4ccccc4cc3OC)o2)cc1OCC. The van der Waals surface area contributed by atoms with E-state index in [0.717, 1.165) is 10.8 Å². The zero-order valence-corrected chi connectivity index (χ0v) is 18.0. The van der Waals surface area contributed by atoms with Gasteiger partial charge in [0.1, 0.15) is 5.75 Å². The number of nitrogens with zero attached hydrogens (tertiary/aromatic N) is 2. The summed E-state index contributed by atoms with van der Waals surface area (Å²) in [6, 6.07) is 16.6. The Balaban J connectivity index is 1.58. The van der Waals surface area contributed by atoms with Gasteiger partial charge in [-0.25, -0.2) is 0 Å². The molecule has 32 heavy (non-hydrogen) atoms. The Morgan fingerprint density at radius 2 is 1.62 bits per heavy atom. The largest absolute Gasteiger partial charge is 0.496 e. The van der Waals surface area contributed by atoms with E-state index in [-0.39, 0.29) is 11.9 Å². The first-order chi connectivity index (χ1) is 15.6. The fraction of sp³-hybridized carbons (Fsp3) is 0.208. The van der Waals surface area contributed by atoms with Crippen LogP contribution in [-0.2, 0) is 0 Å². The first-order valence-corrected chi connectivity index (χ1v) is 10.2. The van der Waals surface area contributed by atoms with Crippen molar-refractivity contribution in [1.82, 2.24) is 10.2 Å². The molecule has 0 atom stereocenters. The summed E-state index contributed by atoms with van der Waals surface area (Å²) in [4.78, 5) is 12.9. The number of carbonyl (C=O) groups excluding carboxylic acids is 1. The van der Waals surface area contributed by atoms with Crippen molar-refractivity contribution >= 4 is 22.7 Å². The second kappa shape index (κ2) is 9.38. The summed E-state index contributed by atoms with van der Waals surface area (Å²) in [6.07, 6.45) is 0. The fourth-order valence-corrected chi connectivity index (χ4v) is 3.30. The smallest absolute Gasteiger partial charge is 0.322 e. The van der Waals surface area contributed by atoms with Gasteiger partial charge >= 0.3 is 6.01 Å². The molecule has 1 N–H and O–H groups in total. The Kier molecular flexibility index (Phi) is 6.21. The molecule has 0 aliphatic carbocycles. The summed E-state index contributed by atoms with van der Waals surface area (Å²) in [7, 11) is 1.52. The number of amides is 1.